The minimum Gasteiger partial charge on any atom is -0.497 e. The van der Waals surface area contributed by atoms with Crippen LogP contribution in [-0.4, -0.2) is 18.7 Å². The number of benzene rings is 1. The average Bonchev–Trinajstić information content (AvgIpc) is 2.25. The number of methoxy groups -OCH3 is 1. The molecule has 0 heterocycles. The molecule has 1 aromatic carbocycles. The van der Waals surface area contributed by atoms with E-state index < -0.39 is 0 Å². The van der Waals surface area contributed by atoms with Gasteiger partial charge in [-0.25, -0.2) is 0 Å². The van der Waals surface area contributed by atoms with Gasteiger partial charge in [0.15, 0.2) is 0 Å². The molecule has 82 valence electrons. The van der Waals surface area contributed by atoms with E-state index in [1.165, 1.54) is 0 Å². The van der Waals surface area contributed by atoms with E-state index in [2.05, 4.69) is 0 Å². The second kappa shape index (κ2) is 6.24. The summed E-state index contributed by atoms with van der Waals surface area (Å²) < 4.78 is 10.5. The molecule has 0 aromatic heterocycles. The van der Waals surface area contributed by atoms with E-state index in [-0.39, 0.29) is 0 Å². The molecule has 0 aliphatic heterocycles. The fourth-order valence-corrected chi connectivity index (χ4v) is 1.25. The predicted octanol–water partition coefficient (Wildman–Crippen LogP) is 2.14. The number of nitrogens with two attached hydrogens (primary N) is 1. The third kappa shape index (κ3) is 4.65. The molecule has 0 atom stereocenters. The maximum atomic E-state index is 5.49. The van der Waals surface area contributed by atoms with Crippen LogP contribution in [0.3, 0.4) is 0 Å². The van der Waals surface area contributed by atoms with Crippen molar-refractivity contribution in [1.82, 2.24) is 0 Å². The Morgan fingerprint density at radius 1 is 1.27 bits per heavy atom. The van der Waals surface area contributed by atoms with E-state index in [1.54, 1.807) is 7.11 Å². The molecule has 0 aliphatic carbocycles. The summed E-state index contributed by atoms with van der Waals surface area (Å²) in [5.74, 6) is 1.66. The van der Waals surface area contributed by atoms with E-state index in [0.717, 1.165) is 24.3 Å². The Bertz CT molecular complexity index is 311. The number of thiocarbonyl (C=S) groups is 1. The molecule has 3 nitrogen and oxygen atoms in total. The summed E-state index contributed by atoms with van der Waals surface area (Å²) in [5, 5.41) is 0. The van der Waals surface area contributed by atoms with Crippen LogP contribution in [0.2, 0.25) is 0 Å². The molecule has 1 aromatic rings. The zero-order chi connectivity index (χ0) is 11.1. The second-order valence-electron chi connectivity index (χ2n) is 3.09. The predicted molar refractivity (Wildman–Crippen MR) is 64.5 cm³/mol. The minimum atomic E-state index is 0.535. The Morgan fingerprint density at radius 2 is 1.87 bits per heavy atom. The molecule has 4 heteroatoms. The molecule has 0 saturated carbocycles. The molecular formula is C11H15NO2S. The quantitative estimate of drug-likeness (QED) is 0.595. The Labute approximate surface area is 95.2 Å². The van der Waals surface area contributed by atoms with Gasteiger partial charge < -0.3 is 15.2 Å². The Morgan fingerprint density at radius 3 is 2.40 bits per heavy atom. The molecule has 1 rings (SSSR count). The molecule has 0 aliphatic rings. The van der Waals surface area contributed by atoms with Gasteiger partial charge in [0.05, 0.1) is 18.7 Å². The number of ether oxygens (including phenoxy) is 2. The van der Waals surface area contributed by atoms with Gasteiger partial charge in [-0.05, 0) is 30.7 Å². The molecule has 15 heavy (non-hydrogen) atoms. The number of hydrogen-bond donors (Lipinski definition) is 1. The highest BCUT2D eigenvalue weighted by molar-refractivity contribution is 7.80. The SMILES string of the molecule is COc1ccc(OCCCC(N)=S)cc1. The molecule has 0 amide bonds. The maximum absolute atomic E-state index is 5.49. The van der Waals surface area contributed by atoms with Crippen LogP contribution in [0.15, 0.2) is 24.3 Å². The van der Waals surface area contributed by atoms with Gasteiger partial charge >= 0.3 is 0 Å². The van der Waals surface area contributed by atoms with Crippen molar-refractivity contribution in [3.8, 4) is 11.5 Å². The van der Waals surface area contributed by atoms with Gasteiger partial charge in [0.2, 0.25) is 0 Å². The van der Waals surface area contributed by atoms with Gasteiger partial charge in [-0.1, -0.05) is 12.2 Å². The van der Waals surface area contributed by atoms with Crippen molar-refractivity contribution < 1.29 is 9.47 Å². The van der Waals surface area contributed by atoms with E-state index in [4.69, 9.17) is 27.4 Å². The van der Waals surface area contributed by atoms with Crippen molar-refractivity contribution >= 4 is 17.2 Å². The van der Waals surface area contributed by atoms with Crippen molar-refractivity contribution in [2.45, 2.75) is 12.8 Å². The summed E-state index contributed by atoms with van der Waals surface area (Å²) in [6.45, 7) is 0.629. The van der Waals surface area contributed by atoms with Crippen molar-refractivity contribution in [2.75, 3.05) is 13.7 Å². The first-order valence-electron chi connectivity index (χ1n) is 4.77. The van der Waals surface area contributed by atoms with Gasteiger partial charge in [-0.2, -0.15) is 0 Å². The topological polar surface area (TPSA) is 44.5 Å². The maximum Gasteiger partial charge on any atom is 0.119 e. The molecule has 0 unspecified atom stereocenters. The zero-order valence-corrected chi connectivity index (χ0v) is 9.55. The summed E-state index contributed by atoms with van der Waals surface area (Å²) in [6.07, 6.45) is 1.58. The first kappa shape index (κ1) is 11.8. The highest BCUT2D eigenvalue weighted by atomic mass is 32.1. The van der Waals surface area contributed by atoms with Crippen LogP contribution in [0.5, 0.6) is 11.5 Å². The smallest absolute Gasteiger partial charge is 0.119 e. The Kier molecular flexibility index (Phi) is 4.90. The average molecular weight is 225 g/mol. The van der Waals surface area contributed by atoms with Crippen LogP contribution in [0.25, 0.3) is 0 Å². The highest BCUT2D eigenvalue weighted by Crippen LogP contribution is 2.17. The van der Waals surface area contributed by atoms with Crippen LogP contribution in [0.1, 0.15) is 12.8 Å². The largest absolute Gasteiger partial charge is 0.497 e. The van der Waals surface area contributed by atoms with Gasteiger partial charge in [0, 0.05) is 6.42 Å². The summed E-state index contributed by atoms with van der Waals surface area (Å²) >= 11 is 4.76. The molecular weight excluding hydrogens is 210 g/mol. The van der Waals surface area contributed by atoms with Crippen LogP contribution >= 0.6 is 12.2 Å². The lowest BCUT2D eigenvalue weighted by molar-refractivity contribution is 0.313. The van der Waals surface area contributed by atoms with Gasteiger partial charge in [-0.3, -0.25) is 0 Å². The Balaban J connectivity index is 2.28. The van der Waals surface area contributed by atoms with Crippen LogP contribution in [0.4, 0.5) is 0 Å². The first-order chi connectivity index (χ1) is 7.22. The summed E-state index contributed by atoms with van der Waals surface area (Å²) in [7, 11) is 1.64. The molecule has 0 spiro atoms. The van der Waals surface area contributed by atoms with E-state index >= 15 is 0 Å². The van der Waals surface area contributed by atoms with E-state index in [1.807, 2.05) is 24.3 Å². The molecule has 2 N–H and O–H groups in total. The number of rotatable bonds is 6. The zero-order valence-electron chi connectivity index (χ0n) is 8.73. The summed E-state index contributed by atoms with van der Waals surface area (Å²) in [6, 6.07) is 7.48. The monoisotopic (exact) mass is 225 g/mol. The fourth-order valence-electron chi connectivity index (χ4n) is 1.11. The van der Waals surface area contributed by atoms with Gasteiger partial charge in [0.25, 0.3) is 0 Å². The van der Waals surface area contributed by atoms with Crippen molar-refractivity contribution in [2.24, 2.45) is 5.73 Å². The third-order valence-corrected chi connectivity index (χ3v) is 2.10. The Hall–Kier alpha value is -1.29. The third-order valence-electron chi connectivity index (χ3n) is 1.90. The molecule has 0 radical (unpaired) electrons. The fraction of sp³-hybridized carbons (Fsp3) is 0.364. The number of hydrogen-bond acceptors (Lipinski definition) is 3. The lowest BCUT2D eigenvalue weighted by Gasteiger charge is -2.06. The van der Waals surface area contributed by atoms with Gasteiger partial charge in [-0.15, -0.1) is 0 Å². The molecule has 0 bridgehead atoms. The van der Waals surface area contributed by atoms with Crippen LogP contribution in [0, 0.1) is 0 Å². The van der Waals surface area contributed by atoms with Crippen LogP contribution < -0.4 is 15.2 Å². The van der Waals surface area contributed by atoms with E-state index in [9.17, 15) is 0 Å². The van der Waals surface area contributed by atoms with Crippen LogP contribution in [-0.2, 0) is 0 Å². The molecule has 0 fully saturated rings. The highest BCUT2D eigenvalue weighted by Gasteiger charge is 1.95. The van der Waals surface area contributed by atoms with Crippen molar-refractivity contribution in [3.63, 3.8) is 0 Å². The minimum absolute atomic E-state index is 0.535. The lowest BCUT2D eigenvalue weighted by Crippen LogP contribution is -2.09. The summed E-state index contributed by atoms with van der Waals surface area (Å²) in [5.41, 5.74) is 5.37. The van der Waals surface area contributed by atoms with E-state index in [0.29, 0.717) is 11.6 Å². The normalized spacial score (nSPS) is 9.67. The van der Waals surface area contributed by atoms with Gasteiger partial charge in [0.1, 0.15) is 11.5 Å². The van der Waals surface area contributed by atoms with Crippen molar-refractivity contribution in [1.29, 1.82) is 0 Å². The van der Waals surface area contributed by atoms with Crippen molar-refractivity contribution in [3.05, 3.63) is 24.3 Å². The first-order valence-corrected chi connectivity index (χ1v) is 5.18. The second-order valence-corrected chi connectivity index (χ2v) is 3.62. The summed E-state index contributed by atoms with van der Waals surface area (Å²) in [4.78, 5) is 0.535. The lowest BCUT2D eigenvalue weighted by atomic mass is 10.3. The standard InChI is InChI=1S/C11H15NO2S/c1-13-9-4-6-10(7-5-9)14-8-2-3-11(12)15/h4-7H,2-3,8H2,1H3,(H2,12,15). The molecule has 0 saturated heterocycles.